The lowest BCUT2D eigenvalue weighted by molar-refractivity contribution is -0.116. The molecular weight excluding hydrogens is 414 g/mol. The molecule has 9 nitrogen and oxygen atoms in total. The normalized spacial score (nSPS) is 10.8. The number of amides is 1. The Morgan fingerprint density at radius 2 is 1.75 bits per heavy atom. The van der Waals surface area contributed by atoms with E-state index >= 15 is 0 Å². The number of anilines is 1. The number of methoxy groups -OCH3 is 2. The summed E-state index contributed by atoms with van der Waals surface area (Å²) in [5, 5.41) is 3.08. The minimum atomic E-state index is -0.604. The molecule has 0 bridgehead atoms. The topological polar surface area (TPSA) is 105 Å². The first-order valence-corrected chi connectivity index (χ1v) is 9.78. The zero-order valence-corrected chi connectivity index (χ0v) is 17.5. The Kier molecular flexibility index (Phi) is 5.80. The van der Waals surface area contributed by atoms with Crippen LogP contribution < -0.4 is 26.0 Å². The first-order chi connectivity index (χ1) is 15.5. The van der Waals surface area contributed by atoms with E-state index in [9.17, 15) is 14.4 Å². The van der Waals surface area contributed by atoms with Crippen molar-refractivity contribution in [2.24, 2.45) is 0 Å². The third-order valence-corrected chi connectivity index (χ3v) is 5.00. The van der Waals surface area contributed by atoms with Crippen LogP contribution in [0.25, 0.3) is 10.9 Å². The van der Waals surface area contributed by atoms with Crippen LogP contribution in [0.2, 0.25) is 0 Å². The van der Waals surface area contributed by atoms with Crippen LogP contribution in [0.4, 0.5) is 5.69 Å². The molecule has 1 N–H and O–H groups in total. The molecule has 0 fully saturated rings. The molecule has 4 rings (SSSR count). The Morgan fingerprint density at radius 1 is 0.969 bits per heavy atom. The van der Waals surface area contributed by atoms with Crippen LogP contribution in [0.3, 0.4) is 0 Å². The summed E-state index contributed by atoms with van der Waals surface area (Å²) in [6.07, 6.45) is 1.47. The number of furan rings is 1. The van der Waals surface area contributed by atoms with Gasteiger partial charge < -0.3 is 19.2 Å². The van der Waals surface area contributed by atoms with E-state index in [4.69, 9.17) is 13.9 Å². The largest absolute Gasteiger partial charge is 0.493 e. The van der Waals surface area contributed by atoms with Crippen LogP contribution in [0, 0.1) is 0 Å². The predicted octanol–water partition coefficient (Wildman–Crippen LogP) is 2.46. The molecule has 2 aromatic carbocycles. The number of carbonyl (C=O) groups is 1. The van der Waals surface area contributed by atoms with Gasteiger partial charge in [0, 0.05) is 11.8 Å². The number of fused-ring (bicyclic) bond motifs is 1. The minimum absolute atomic E-state index is 0.0349. The van der Waals surface area contributed by atoms with Crippen molar-refractivity contribution < 1.29 is 18.7 Å². The van der Waals surface area contributed by atoms with Gasteiger partial charge in [0.1, 0.15) is 12.3 Å². The highest BCUT2D eigenvalue weighted by molar-refractivity contribution is 5.92. The van der Waals surface area contributed by atoms with Gasteiger partial charge in [0.2, 0.25) is 5.91 Å². The second-order valence-electron chi connectivity index (χ2n) is 6.97. The molecule has 0 radical (unpaired) electrons. The number of ether oxygens (including phenoxy) is 2. The molecule has 1 amide bonds. The molecule has 32 heavy (non-hydrogen) atoms. The molecule has 4 aromatic rings. The van der Waals surface area contributed by atoms with E-state index < -0.39 is 17.2 Å². The maximum absolute atomic E-state index is 13.2. The van der Waals surface area contributed by atoms with Crippen molar-refractivity contribution in [1.82, 2.24) is 9.13 Å². The standard InChI is InChI=1S/C23H21N3O6/c1-30-19-10-9-15(12-20(19)31-2)24-21(27)14-25-18-8-4-3-7-17(18)22(28)26(23(25)29)13-16-6-5-11-32-16/h3-12H,13-14H2,1-2H3,(H,24,27). The molecule has 2 aromatic heterocycles. The molecule has 0 saturated carbocycles. The number of carbonyl (C=O) groups excluding carboxylic acids is 1. The molecule has 9 heteroatoms. The Morgan fingerprint density at radius 3 is 2.47 bits per heavy atom. The van der Waals surface area contributed by atoms with Crippen molar-refractivity contribution >= 4 is 22.5 Å². The zero-order valence-electron chi connectivity index (χ0n) is 17.5. The molecule has 0 aliphatic heterocycles. The van der Waals surface area contributed by atoms with Gasteiger partial charge in [-0.05, 0) is 36.4 Å². The summed E-state index contributed by atoms with van der Waals surface area (Å²) in [7, 11) is 3.02. The van der Waals surface area contributed by atoms with Crippen molar-refractivity contribution in [3.05, 3.63) is 87.5 Å². The molecule has 0 saturated heterocycles. The highest BCUT2D eigenvalue weighted by Gasteiger charge is 2.16. The molecule has 0 aliphatic carbocycles. The number of nitrogens with zero attached hydrogens (tertiary/aromatic N) is 2. The molecule has 164 valence electrons. The fourth-order valence-electron chi connectivity index (χ4n) is 3.48. The van der Waals surface area contributed by atoms with E-state index in [1.807, 2.05) is 0 Å². The average molecular weight is 435 g/mol. The fraction of sp³-hybridized carbons (Fsp3) is 0.174. The number of nitrogens with one attached hydrogen (secondary N) is 1. The van der Waals surface area contributed by atoms with Crippen molar-refractivity contribution in [2.45, 2.75) is 13.1 Å². The third-order valence-electron chi connectivity index (χ3n) is 5.00. The Balaban J connectivity index is 1.70. The Bertz CT molecular complexity index is 1390. The monoisotopic (exact) mass is 435 g/mol. The van der Waals surface area contributed by atoms with Crippen LogP contribution in [0.1, 0.15) is 5.76 Å². The second-order valence-corrected chi connectivity index (χ2v) is 6.97. The van der Waals surface area contributed by atoms with Gasteiger partial charge in [-0.15, -0.1) is 0 Å². The van der Waals surface area contributed by atoms with Gasteiger partial charge in [-0.2, -0.15) is 0 Å². The van der Waals surface area contributed by atoms with E-state index in [1.165, 1.54) is 25.0 Å². The van der Waals surface area contributed by atoms with Crippen LogP contribution in [0.15, 0.2) is 74.9 Å². The smallest absolute Gasteiger partial charge is 0.332 e. The third kappa shape index (κ3) is 4.00. The number of benzene rings is 2. The summed E-state index contributed by atoms with van der Waals surface area (Å²) in [5.74, 6) is 1.01. The zero-order chi connectivity index (χ0) is 22.7. The Hall–Kier alpha value is -4.27. The van der Waals surface area contributed by atoms with Crippen LogP contribution >= 0.6 is 0 Å². The SMILES string of the molecule is COc1ccc(NC(=O)Cn2c(=O)n(Cc3ccco3)c(=O)c3ccccc32)cc1OC. The number of hydrogen-bond donors (Lipinski definition) is 1. The van der Waals surface area contributed by atoms with E-state index in [1.54, 1.807) is 54.6 Å². The summed E-state index contributed by atoms with van der Waals surface area (Å²) in [6, 6.07) is 15.0. The van der Waals surface area contributed by atoms with Crippen molar-refractivity contribution in [3.8, 4) is 11.5 Å². The minimum Gasteiger partial charge on any atom is -0.493 e. The summed E-state index contributed by atoms with van der Waals surface area (Å²) < 4.78 is 18.1. The number of hydrogen-bond acceptors (Lipinski definition) is 6. The number of para-hydroxylation sites is 1. The molecule has 0 aliphatic rings. The quantitative estimate of drug-likeness (QED) is 0.478. The van der Waals surface area contributed by atoms with E-state index in [2.05, 4.69) is 5.32 Å². The second kappa shape index (κ2) is 8.84. The van der Waals surface area contributed by atoms with Crippen LogP contribution in [-0.4, -0.2) is 29.3 Å². The lowest BCUT2D eigenvalue weighted by Crippen LogP contribution is -2.42. The van der Waals surface area contributed by atoms with Gasteiger partial charge in [0.25, 0.3) is 5.56 Å². The molecule has 0 spiro atoms. The highest BCUT2D eigenvalue weighted by atomic mass is 16.5. The number of aromatic nitrogens is 2. The molecule has 0 unspecified atom stereocenters. The van der Waals surface area contributed by atoms with Gasteiger partial charge >= 0.3 is 5.69 Å². The fourth-order valence-corrected chi connectivity index (χ4v) is 3.48. The van der Waals surface area contributed by atoms with Gasteiger partial charge in [-0.1, -0.05) is 12.1 Å². The summed E-state index contributed by atoms with van der Waals surface area (Å²) in [5.41, 5.74) is -0.194. The maximum Gasteiger partial charge on any atom is 0.332 e. The first-order valence-electron chi connectivity index (χ1n) is 9.78. The molecule has 0 atom stereocenters. The Labute approximate surface area is 182 Å². The van der Waals surface area contributed by atoms with Gasteiger partial charge in [0.15, 0.2) is 11.5 Å². The highest BCUT2D eigenvalue weighted by Crippen LogP contribution is 2.29. The van der Waals surface area contributed by atoms with Gasteiger partial charge in [-0.3, -0.25) is 18.7 Å². The predicted molar refractivity (Wildman–Crippen MR) is 118 cm³/mol. The van der Waals surface area contributed by atoms with E-state index in [0.717, 1.165) is 4.57 Å². The lowest BCUT2D eigenvalue weighted by Gasteiger charge is -2.14. The van der Waals surface area contributed by atoms with Crippen molar-refractivity contribution in [3.63, 3.8) is 0 Å². The van der Waals surface area contributed by atoms with E-state index in [-0.39, 0.29) is 13.1 Å². The first kappa shape index (κ1) is 21.0. The van der Waals surface area contributed by atoms with Gasteiger partial charge in [-0.25, -0.2) is 4.79 Å². The van der Waals surface area contributed by atoms with Crippen LogP contribution in [-0.2, 0) is 17.9 Å². The van der Waals surface area contributed by atoms with E-state index in [0.29, 0.717) is 33.8 Å². The summed E-state index contributed by atoms with van der Waals surface area (Å²) in [4.78, 5) is 38.9. The number of rotatable bonds is 7. The maximum atomic E-state index is 13.2. The van der Waals surface area contributed by atoms with Crippen molar-refractivity contribution in [2.75, 3.05) is 19.5 Å². The van der Waals surface area contributed by atoms with Gasteiger partial charge in [0.05, 0.1) is 37.9 Å². The summed E-state index contributed by atoms with van der Waals surface area (Å²) >= 11 is 0. The van der Waals surface area contributed by atoms with Crippen LogP contribution in [0.5, 0.6) is 11.5 Å². The molecule has 2 heterocycles. The summed E-state index contributed by atoms with van der Waals surface area (Å²) in [6.45, 7) is -0.321. The average Bonchev–Trinajstić information content (AvgIpc) is 3.32. The molecular formula is C23H21N3O6. The lowest BCUT2D eigenvalue weighted by atomic mass is 10.2. The van der Waals surface area contributed by atoms with Crippen molar-refractivity contribution in [1.29, 1.82) is 0 Å².